The lowest BCUT2D eigenvalue weighted by Gasteiger charge is -2.16. The molecule has 0 aliphatic heterocycles. The molecular formula is C20H25NO3. The van der Waals surface area contributed by atoms with Crippen molar-refractivity contribution in [3.63, 3.8) is 0 Å². The van der Waals surface area contributed by atoms with Gasteiger partial charge in [-0.05, 0) is 82.1 Å². The van der Waals surface area contributed by atoms with Gasteiger partial charge in [-0.3, -0.25) is 4.79 Å². The van der Waals surface area contributed by atoms with Crippen LogP contribution in [0.5, 0.6) is 11.5 Å². The van der Waals surface area contributed by atoms with Crippen LogP contribution in [-0.4, -0.2) is 18.1 Å². The monoisotopic (exact) mass is 327 g/mol. The molecule has 2 aromatic carbocycles. The maximum atomic E-state index is 12.3. The first kappa shape index (κ1) is 17.9. The van der Waals surface area contributed by atoms with E-state index < -0.39 is 6.10 Å². The predicted octanol–water partition coefficient (Wildman–Crippen LogP) is 4.50. The van der Waals surface area contributed by atoms with E-state index >= 15 is 0 Å². The van der Waals surface area contributed by atoms with Crippen molar-refractivity contribution in [2.24, 2.45) is 0 Å². The smallest absolute Gasteiger partial charge is 0.265 e. The van der Waals surface area contributed by atoms with Crippen LogP contribution in [0.3, 0.4) is 0 Å². The number of nitrogens with one attached hydrogen (secondary N) is 1. The summed E-state index contributed by atoms with van der Waals surface area (Å²) in [6.45, 7) is 9.70. The van der Waals surface area contributed by atoms with E-state index in [4.69, 9.17) is 9.47 Å². The zero-order valence-corrected chi connectivity index (χ0v) is 14.9. The maximum absolute atomic E-state index is 12.3. The van der Waals surface area contributed by atoms with E-state index in [2.05, 4.69) is 11.4 Å². The summed E-state index contributed by atoms with van der Waals surface area (Å²) in [5.41, 5.74) is 2.93. The number of carbonyl (C=O) groups is 1. The van der Waals surface area contributed by atoms with E-state index in [1.165, 1.54) is 0 Å². The first-order valence-electron chi connectivity index (χ1n) is 8.16. The topological polar surface area (TPSA) is 47.6 Å². The van der Waals surface area contributed by atoms with Crippen LogP contribution in [0.25, 0.3) is 0 Å². The van der Waals surface area contributed by atoms with Gasteiger partial charge in [-0.15, -0.1) is 0 Å². The average Bonchev–Trinajstić information content (AvgIpc) is 2.47. The summed E-state index contributed by atoms with van der Waals surface area (Å²) in [4.78, 5) is 12.3. The number of rotatable bonds is 6. The van der Waals surface area contributed by atoms with Crippen molar-refractivity contribution >= 4 is 11.6 Å². The molecule has 0 radical (unpaired) electrons. The van der Waals surface area contributed by atoms with Crippen LogP contribution in [0.15, 0.2) is 42.5 Å². The van der Waals surface area contributed by atoms with Gasteiger partial charge in [0.2, 0.25) is 0 Å². The van der Waals surface area contributed by atoms with Gasteiger partial charge < -0.3 is 14.8 Å². The highest BCUT2D eigenvalue weighted by molar-refractivity contribution is 5.94. The summed E-state index contributed by atoms with van der Waals surface area (Å²) in [6, 6.07) is 13.2. The van der Waals surface area contributed by atoms with Gasteiger partial charge in [-0.1, -0.05) is 6.07 Å². The van der Waals surface area contributed by atoms with Crippen LogP contribution in [-0.2, 0) is 4.79 Å². The molecule has 4 heteroatoms. The lowest BCUT2D eigenvalue weighted by atomic mass is 10.1. The first-order valence-corrected chi connectivity index (χ1v) is 8.16. The van der Waals surface area contributed by atoms with Gasteiger partial charge in [0.25, 0.3) is 5.91 Å². The Hall–Kier alpha value is -2.49. The van der Waals surface area contributed by atoms with Gasteiger partial charge >= 0.3 is 0 Å². The minimum atomic E-state index is -0.585. The van der Waals surface area contributed by atoms with Crippen molar-refractivity contribution in [1.29, 1.82) is 0 Å². The molecule has 1 N–H and O–H groups in total. The molecule has 0 bridgehead atoms. The largest absolute Gasteiger partial charge is 0.491 e. The molecule has 0 aliphatic carbocycles. The zero-order chi connectivity index (χ0) is 17.7. The van der Waals surface area contributed by atoms with Gasteiger partial charge in [-0.2, -0.15) is 0 Å². The number of hydrogen-bond acceptors (Lipinski definition) is 3. The Morgan fingerprint density at radius 1 is 0.875 bits per heavy atom. The van der Waals surface area contributed by atoms with Crippen LogP contribution in [0.2, 0.25) is 0 Å². The highest BCUT2D eigenvalue weighted by atomic mass is 16.5. The Balaban J connectivity index is 1.95. The van der Waals surface area contributed by atoms with Crippen molar-refractivity contribution in [2.45, 2.75) is 46.8 Å². The Kier molecular flexibility index (Phi) is 5.85. The highest BCUT2D eigenvalue weighted by Gasteiger charge is 2.15. The molecule has 0 fully saturated rings. The molecule has 0 saturated heterocycles. The van der Waals surface area contributed by atoms with Gasteiger partial charge in [-0.25, -0.2) is 0 Å². The third kappa shape index (κ3) is 5.30. The van der Waals surface area contributed by atoms with Crippen LogP contribution in [0.4, 0.5) is 5.69 Å². The van der Waals surface area contributed by atoms with E-state index in [9.17, 15) is 4.79 Å². The van der Waals surface area contributed by atoms with Crippen LogP contribution < -0.4 is 14.8 Å². The molecule has 24 heavy (non-hydrogen) atoms. The third-order valence-corrected chi connectivity index (χ3v) is 3.37. The van der Waals surface area contributed by atoms with Gasteiger partial charge in [0, 0.05) is 5.69 Å². The molecule has 0 spiro atoms. The Bertz CT molecular complexity index is 672. The summed E-state index contributed by atoms with van der Waals surface area (Å²) < 4.78 is 11.3. The minimum Gasteiger partial charge on any atom is -0.491 e. The molecule has 1 atom stereocenters. The number of carbonyl (C=O) groups excluding carboxylic acids is 1. The SMILES string of the molecule is Cc1cc(C)cc(O[C@@H](C)C(=O)Nc2ccc(OC(C)C)cc2)c1. The third-order valence-electron chi connectivity index (χ3n) is 3.37. The number of hydrogen-bond donors (Lipinski definition) is 1. The van der Waals surface area contributed by atoms with Crippen molar-refractivity contribution in [2.75, 3.05) is 5.32 Å². The van der Waals surface area contributed by atoms with E-state index in [0.717, 1.165) is 16.9 Å². The standard InChI is InChI=1S/C20H25NO3/c1-13(2)23-18-8-6-17(7-9-18)21-20(22)16(5)24-19-11-14(3)10-15(4)12-19/h6-13,16H,1-5H3,(H,21,22)/t16-/m0/s1. The van der Waals surface area contributed by atoms with Gasteiger partial charge in [0.15, 0.2) is 6.10 Å². The molecule has 0 aromatic heterocycles. The second-order valence-corrected chi connectivity index (χ2v) is 6.26. The first-order chi connectivity index (χ1) is 11.3. The van der Waals surface area contributed by atoms with E-state index in [-0.39, 0.29) is 12.0 Å². The Labute approximate surface area is 143 Å². The van der Waals surface area contributed by atoms with Gasteiger partial charge in [0.05, 0.1) is 6.10 Å². The van der Waals surface area contributed by atoms with Crippen molar-refractivity contribution in [3.8, 4) is 11.5 Å². The van der Waals surface area contributed by atoms with Crippen molar-refractivity contribution in [1.82, 2.24) is 0 Å². The fraction of sp³-hybridized carbons (Fsp3) is 0.350. The van der Waals surface area contributed by atoms with E-state index in [0.29, 0.717) is 11.4 Å². The fourth-order valence-corrected chi connectivity index (χ4v) is 2.39. The van der Waals surface area contributed by atoms with Crippen molar-refractivity contribution in [3.05, 3.63) is 53.6 Å². The number of anilines is 1. The Morgan fingerprint density at radius 2 is 1.46 bits per heavy atom. The molecule has 4 nitrogen and oxygen atoms in total. The van der Waals surface area contributed by atoms with Crippen LogP contribution in [0, 0.1) is 13.8 Å². The fourth-order valence-electron chi connectivity index (χ4n) is 2.39. The molecule has 0 unspecified atom stereocenters. The normalized spacial score (nSPS) is 11.9. The molecule has 0 saturated carbocycles. The Morgan fingerprint density at radius 3 is 2.00 bits per heavy atom. The van der Waals surface area contributed by atoms with Crippen LogP contribution in [0.1, 0.15) is 31.9 Å². The second kappa shape index (κ2) is 7.86. The number of aryl methyl sites for hydroxylation is 2. The lowest BCUT2D eigenvalue weighted by Crippen LogP contribution is -2.30. The lowest BCUT2D eigenvalue weighted by molar-refractivity contribution is -0.122. The summed E-state index contributed by atoms with van der Waals surface area (Å²) in [7, 11) is 0. The highest BCUT2D eigenvalue weighted by Crippen LogP contribution is 2.19. The molecule has 0 heterocycles. The molecule has 2 rings (SSSR count). The summed E-state index contributed by atoms with van der Waals surface area (Å²) in [5.74, 6) is 1.30. The maximum Gasteiger partial charge on any atom is 0.265 e. The van der Waals surface area contributed by atoms with Gasteiger partial charge in [0.1, 0.15) is 11.5 Å². The predicted molar refractivity (Wildman–Crippen MR) is 96.8 cm³/mol. The van der Waals surface area contributed by atoms with Crippen LogP contribution >= 0.6 is 0 Å². The number of ether oxygens (including phenoxy) is 2. The van der Waals surface area contributed by atoms with E-state index in [1.54, 1.807) is 6.92 Å². The summed E-state index contributed by atoms with van der Waals surface area (Å²) >= 11 is 0. The zero-order valence-electron chi connectivity index (χ0n) is 14.9. The summed E-state index contributed by atoms with van der Waals surface area (Å²) in [5, 5.41) is 2.85. The molecular weight excluding hydrogens is 302 g/mol. The van der Waals surface area contributed by atoms with E-state index in [1.807, 2.05) is 64.1 Å². The quantitative estimate of drug-likeness (QED) is 0.850. The number of amides is 1. The minimum absolute atomic E-state index is 0.122. The molecule has 0 aliphatic rings. The molecule has 128 valence electrons. The molecule has 2 aromatic rings. The summed E-state index contributed by atoms with van der Waals surface area (Å²) in [6.07, 6.45) is -0.463. The average molecular weight is 327 g/mol. The molecule has 1 amide bonds. The van der Waals surface area contributed by atoms with Crippen molar-refractivity contribution < 1.29 is 14.3 Å². The second-order valence-electron chi connectivity index (χ2n) is 6.26. The number of benzene rings is 2.